The molecule has 0 aliphatic heterocycles. The third kappa shape index (κ3) is 3.99. The number of anilines is 1. The summed E-state index contributed by atoms with van der Waals surface area (Å²) in [4.78, 5) is 12.2. The van der Waals surface area contributed by atoms with Crippen LogP contribution in [-0.4, -0.2) is 18.1 Å². The average molecular weight is 363 g/mol. The highest BCUT2D eigenvalue weighted by molar-refractivity contribution is 6.44. The van der Waals surface area contributed by atoms with Gasteiger partial charge in [0.05, 0.1) is 22.8 Å². The van der Waals surface area contributed by atoms with Crippen molar-refractivity contribution in [2.75, 3.05) is 12.4 Å². The van der Waals surface area contributed by atoms with E-state index in [1.807, 2.05) is 6.07 Å². The molecule has 0 aliphatic rings. The number of carbonyl (C=O) groups is 1. The minimum atomic E-state index is -0.631. The molecule has 0 aromatic heterocycles. The summed E-state index contributed by atoms with van der Waals surface area (Å²) >= 11 is 11.9. The predicted octanol–water partition coefficient (Wildman–Crippen LogP) is 4.25. The third-order valence-corrected chi connectivity index (χ3v) is 3.90. The summed E-state index contributed by atoms with van der Waals surface area (Å²) in [5.74, 6) is -0.434. The lowest BCUT2D eigenvalue weighted by molar-refractivity contribution is -0.112. The van der Waals surface area contributed by atoms with Crippen molar-refractivity contribution in [2.45, 2.75) is 0 Å². The fraction of sp³-hybridized carbons (Fsp3) is 0.0588. The molecule has 0 saturated heterocycles. The molecule has 2 aromatic rings. The van der Waals surface area contributed by atoms with E-state index in [1.54, 1.807) is 24.3 Å². The first-order valence-corrected chi connectivity index (χ1v) is 7.46. The van der Waals surface area contributed by atoms with Crippen molar-refractivity contribution in [2.24, 2.45) is 0 Å². The largest absolute Gasteiger partial charge is 0.504 e. The molecule has 0 spiro atoms. The predicted molar refractivity (Wildman–Crippen MR) is 93.3 cm³/mol. The van der Waals surface area contributed by atoms with Crippen LogP contribution >= 0.6 is 23.2 Å². The van der Waals surface area contributed by atoms with E-state index < -0.39 is 5.91 Å². The Morgan fingerprint density at radius 1 is 1.33 bits per heavy atom. The van der Waals surface area contributed by atoms with Gasteiger partial charge in [0.25, 0.3) is 5.91 Å². The Bertz CT molecular complexity index is 857. The van der Waals surface area contributed by atoms with Gasteiger partial charge in [-0.2, -0.15) is 5.26 Å². The summed E-state index contributed by atoms with van der Waals surface area (Å²) in [5, 5.41) is 21.8. The van der Waals surface area contributed by atoms with Crippen LogP contribution < -0.4 is 10.1 Å². The summed E-state index contributed by atoms with van der Waals surface area (Å²) < 4.78 is 4.99. The molecule has 2 rings (SSSR count). The first-order valence-electron chi connectivity index (χ1n) is 6.70. The Hall–Kier alpha value is -2.68. The van der Waals surface area contributed by atoms with Crippen LogP contribution in [0, 0.1) is 11.3 Å². The van der Waals surface area contributed by atoms with Gasteiger partial charge in [0.2, 0.25) is 0 Å². The number of phenolic OH excluding ortho intramolecular Hbond substituents is 1. The van der Waals surface area contributed by atoms with E-state index in [0.717, 1.165) is 0 Å². The standard InChI is InChI=1S/C17H12Cl2N2O3/c1-24-15-8-10(5-6-14(15)22)7-11(9-20)17(23)21-13-4-2-3-12(18)16(13)19/h2-8,22H,1H3,(H,21,23)/b11-7+. The van der Waals surface area contributed by atoms with Crippen LogP contribution in [-0.2, 0) is 4.79 Å². The van der Waals surface area contributed by atoms with Crippen LogP contribution in [0.5, 0.6) is 11.5 Å². The summed E-state index contributed by atoms with van der Waals surface area (Å²) in [6.07, 6.45) is 1.37. The number of benzene rings is 2. The van der Waals surface area contributed by atoms with Crippen LogP contribution in [0.1, 0.15) is 5.56 Å². The molecule has 7 heteroatoms. The first kappa shape index (κ1) is 17.7. The molecule has 2 aromatic carbocycles. The summed E-state index contributed by atoms with van der Waals surface area (Å²) in [6.45, 7) is 0. The molecule has 0 aliphatic carbocycles. The van der Waals surface area contributed by atoms with E-state index in [1.165, 1.54) is 25.3 Å². The topological polar surface area (TPSA) is 82.3 Å². The molecule has 5 nitrogen and oxygen atoms in total. The Morgan fingerprint density at radius 2 is 2.08 bits per heavy atom. The number of hydrogen-bond donors (Lipinski definition) is 2. The maximum Gasteiger partial charge on any atom is 0.266 e. The maximum absolute atomic E-state index is 12.2. The Labute approximate surface area is 148 Å². The van der Waals surface area contributed by atoms with Gasteiger partial charge >= 0.3 is 0 Å². The zero-order valence-electron chi connectivity index (χ0n) is 12.5. The van der Waals surface area contributed by atoms with Gasteiger partial charge in [0.1, 0.15) is 11.6 Å². The molecule has 0 radical (unpaired) electrons. The van der Waals surface area contributed by atoms with Gasteiger partial charge < -0.3 is 15.2 Å². The van der Waals surface area contributed by atoms with Crippen LogP contribution in [0.25, 0.3) is 6.08 Å². The van der Waals surface area contributed by atoms with E-state index in [-0.39, 0.29) is 22.1 Å². The monoisotopic (exact) mass is 362 g/mol. The lowest BCUT2D eigenvalue weighted by Gasteiger charge is -2.08. The second kappa shape index (κ2) is 7.73. The molecular formula is C17H12Cl2N2O3. The third-order valence-electron chi connectivity index (χ3n) is 3.08. The van der Waals surface area contributed by atoms with E-state index in [2.05, 4.69) is 5.32 Å². The van der Waals surface area contributed by atoms with Crippen molar-refractivity contribution >= 4 is 40.9 Å². The number of aromatic hydroxyl groups is 1. The highest BCUT2D eigenvalue weighted by Gasteiger charge is 2.13. The van der Waals surface area contributed by atoms with Gasteiger partial charge in [-0.15, -0.1) is 0 Å². The lowest BCUT2D eigenvalue weighted by atomic mass is 10.1. The fourth-order valence-electron chi connectivity index (χ4n) is 1.89. The van der Waals surface area contributed by atoms with E-state index in [4.69, 9.17) is 27.9 Å². The van der Waals surface area contributed by atoms with Gasteiger partial charge in [-0.3, -0.25) is 4.79 Å². The van der Waals surface area contributed by atoms with Crippen molar-refractivity contribution in [3.8, 4) is 17.6 Å². The Kier molecular flexibility index (Phi) is 5.69. The molecular weight excluding hydrogens is 351 g/mol. The molecule has 0 saturated carbocycles. The number of nitrogens with zero attached hydrogens (tertiary/aromatic N) is 1. The van der Waals surface area contributed by atoms with Gasteiger partial charge in [-0.1, -0.05) is 35.3 Å². The Balaban J connectivity index is 2.29. The minimum absolute atomic E-state index is 0.0386. The molecule has 0 fully saturated rings. The zero-order chi connectivity index (χ0) is 17.7. The number of phenols is 1. The van der Waals surface area contributed by atoms with E-state index >= 15 is 0 Å². The van der Waals surface area contributed by atoms with Gasteiger partial charge in [-0.05, 0) is 35.9 Å². The minimum Gasteiger partial charge on any atom is -0.504 e. The van der Waals surface area contributed by atoms with Crippen molar-refractivity contribution in [1.29, 1.82) is 5.26 Å². The fourth-order valence-corrected chi connectivity index (χ4v) is 2.24. The normalized spacial score (nSPS) is 10.8. The SMILES string of the molecule is COc1cc(/C=C(\C#N)C(=O)Nc2cccc(Cl)c2Cl)ccc1O. The van der Waals surface area contributed by atoms with Crippen molar-refractivity contribution < 1.29 is 14.6 Å². The molecule has 0 bridgehead atoms. The highest BCUT2D eigenvalue weighted by Crippen LogP contribution is 2.30. The summed E-state index contributed by atoms with van der Waals surface area (Å²) in [7, 11) is 1.40. The number of ether oxygens (including phenoxy) is 1. The average Bonchev–Trinajstić information content (AvgIpc) is 2.58. The number of halogens is 2. The highest BCUT2D eigenvalue weighted by atomic mass is 35.5. The molecule has 0 heterocycles. The molecule has 1 amide bonds. The van der Waals surface area contributed by atoms with Crippen LogP contribution in [0.4, 0.5) is 5.69 Å². The number of carbonyl (C=O) groups excluding carboxylic acids is 1. The number of methoxy groups -OCH3 is 1. The molecule has 0 atom stereocenters. The zero-order valence-corrected chi connectivity index (χ0v) is 14.0. The van der Waals surface area contributed by atoms with Crippen molar-refractivity contribution in [1.82, 2.24) is 0 Å². The molecule has 2 N–H and O–H groups in total. The lowest BCUT2D eigenvalue weighted by Crippen LogP contribution is -2.13. The molecule has 0 unspecified atom stereocenters. The second-order valence-corrected chi connectivity index (χ2v) is 5.44. The number of nitriles is 1. The first-order chi connectivity index (χ1) is 11.5. The summed E-state index contributed by atoms with van der Waals surface area (Å²) in [6, 6.07) is 11.1. The Morgan fingerprint density at radius 3 is 2.75 bits per heavy atom. The van der Waals surface area contributed by atoms with Crippen LogP contribution in [0.2, 0.25) is 10.0 Å². The number of rotatable bonds is 4. The van der Waals surface area contributed by atoms with Gasteiger partial charge in [0.15, 0.2) is 11.5 Å². The van der Waals surface area contributed by atoms with Crippen LogP contribution in [0.15, 0.2) is 42.0 Å². The number of nitrogens with one attached hydrogen (secondary N) is 1. The summed E-state index contributed by atoms with van der Waals surface area (Å²) in [5.41, 5.74) is 0.686. The van der Waals surface area contributed by atoms with Crippen LogP contribution in [0.3, 0.4) is 0 Å². The molecule has 24 heavy (non-hydrogen) atoms. The smallest absolute Gasteiger partial charge is 0.266 e. The maximum atomic E-state index is 12.2. The van der Waals surface area contributed by atoms with Crippen molar-refractivity contribution in [3.63, 3.8) is 0 Å². The van der Waals surface area contributed by atoms with Gasteiger partial charge in [-0.25, -0.2) is 0 Å². The van der Waals surface area contributed by atoms with E-state index in [9.17, 15) is 15.2 Å². The van der Waals surface area contributed by atoms with Crippen molar-refractivity contribution in [3.05, 3.63) is 57.6 Å². The van der Waals surface area contributed by atoms with E-state index in [0.29, 0.717) is 16.3 Å². The van der Waals surface area contributed by atoms with Gasteiger partial charge in [0, 0.05) is 0 Å². The quantitative estimate of drug-likeness (QED) is 0.628. The molecule has 122 valence electrons. The second-order valence-electron chi connectivity index (χ2n) is 4.66. The number of amides is 1. The number of hydrogen-bond acceptors (Lipinski definition) is 4.